The van der Waals surface area contributed by atoms with Gasteiger partial charge in [0.25, 0.3) is 0 Å². The van der Waals surface area contributed by atoms with E-state index in [0.29, 0.717) is 30.8 Å². The van der Waals surface area contributed by atoms with Gasteiger partial charge in [-0.1, -0.05) is 44.2 Å². The zero-order chi connectivity index (χ0) is 24.2. The number of hydrogen-bond donors (Lipinski definition) is 0. The molecule has 8 heteroatoms. The van der Waals surface area contributed by atoms with Crippen molar-refractivity contribution in [3.8, 4) is 0 Å². The number of hydrogen-bond acceptors (Lipinski definition) is 4. The molecule has 1 aliphatic carbocycles. The van der Waals surface area contributed by atoms with Crippen LogP contribution in [0.5, 0.6) is 0 Å². The molecular weight excluding hydrogens is 446 g/mol. The Morgan fingerprint density at radius 1 is 1.18 bits per heavy atom. The van der Waals surface area contributed by atoms with Crippen molar-refractivity contribution in [2.45, 2.75) is 71.1 Å². The molecule has 1 saturated heterocycles. The van der Waals surface area contributed by atoms with Crippen LogP contribution >= 0.6 is 0 Å². The molecule has 0 saturated carbocycles. The second-order valence-corrected chi connectivity index (χ2v) is 10.4. The van der Waals surface area contributed by atoms with Gasteiger partial charge in [-0.25, -0.2) is 17.2 Å². The van der Waals surface area contributed by atoms with Gasteiger partial charge in [-0.2, -0.15) is 4.31 Å². The average molecular weight is 479 g/mol. The van der Waals surface area contributed by atoms with Gasteiger partial charge in [0.15, 0.2) is 0 Å². The van der Waals surface area contributed by atoms with Gasteiger partial charge < -0.3 is 4.52 Å². The highest BCUT2D eigenvalue weighted by molar-refractivity contribution is 7.90. The summed E-state index contributed by atoms with van der Waals surface area (Å²) in [5.41, 5.74) is 1.63. The van der Waals surface area contributed by atoms with Gasteiger partial charge in [-0.3, -0.25) is 0 Å². The largest absolute Gasteiger partial charge is 0.361 e. The molecule has 1 aromatic heterocycles. The van der Waals surface area contributed by atoms with E-state index in [-0.39, 0.29) is 17.7 Å². The molecule has 5 nitrogen and oxygen atoms in total. The number of aryl methyl sites for hydroxylation is 1. The maximum absolute atomic E-state index is 14.9. The Hall–Kier alpha value is -2.32. The van der Waals surface area contributed by atoms with Crippen LogP contribution in [-0.2, 0) is 16.6 Å². The van der Waals surface area contributed by atoms with Gasteiger partial charge in [0.1, 0.15) is 22.6 Å². The summed E-state index contributed by atoms with van der Waals surface area (Å²) in [5.74, 6) is -1.30. The molecule has 0 radical (unpaired) electrons. The molecule has 1 aromatic carbocycles. The zero-order valence-corrected chi connectivity index (χ0v) is 20.5. The first-order chi connectivity index (χ1) is 15.8. The van der Waals surface area contributed by atoms with Crippen LogP contribution in [0.25, 0.3) is 0 Å². The van der Waals surface area contributed by atoms with E-state index in [2.05, 4.69) is 5.16 Å². The normalized spacial score (nSPS) is 21.2. The molecule has 2 heterocycles. The lowest BCUT2D eigenvalue weighted by Crippen LogP contribution is -2.44. The van der Waals surface area contributed by atoms with E-state index in [9.17, 15) is 17.2 Å². The summed E-state index contributed by atoms with van der Waals surface area (Å²) in [7, 11) is -3.66. The van der Waals surface area contributed by atoms with Gasteiger partial charge >= 0.3 is 0 Å². The predicted molar refractivity (Wildman–Crippen MR) is 125 cm³/mol. The highest BCUT2D eigenvalue weighted by atomic mass is 32.2. The SMILES string of the molecule is CC.Cc1cc(C(C)c2cc(F)c(CN3CCCC(C4=CCCC=C4)S3(=O)=O)cc2F)on1. The third kappa shape index (κ3) is 5.44. The van der Waals surface area contributed by atoms with Crippen LogP contribution in [-0.4, -0.2) is 29.7 Å². The minimum atomic E-state index is -3.66. The van der Waals surface area contributed by atoms with E-state index in [4.69, 9.17) is 4.52 Å². The van der Waals surface area contributed by atoms with Gasteiger partial charge in [0.2, 0.25) is 10.0 Å². The summed E-state index contributed by atoms with van der Waals surface area (Å²) >= 11 is 0. The molecule has 2 atom stereocenters. The summed E-state index contributed by atoms with van der Waals surface area (Å²) in [6.07, 6.45) is 8.77. The summed E-state index contributed by atoms with van der Waals surface area (Å²) in [5, 5.41) is 3.17. The number of sulfonamides is 1. The molecule has 33 heavy (non-hydrogen) atoms. The number of rotatable bonds is 5. The van der Waals surface area contributed by atoms with E-state index in [1.807, 2.05) is 32.1 Å². The highest BCUT2D eigenvalue weighted by Gasteiger charge is 2.38. The molecule has 0 N–H and O–H groups in total. The summed E-state index contributed by atoms with van der Waals surface area (Å²) in [6, 6.07) is 3.92. The second-order valence-electron chi connectivity index (χ2n) is 8.25. The molecular formula is C25H32F2N2O3S. The van der Waals surface area contributed by atoms with E-state index >= 15 is 0 Å². The standard InChI is InChI=1S/C23H26F2N2O3S.C2H6/c1-15-11-22(30-26-15)16(2)19-13-20(24)18(12-21(19)25)14-27-10-6-9-23(31(27,28)29)17-7-4-3-5-8-17;1-2/h4,7-8,11-13,16,23H,3,5-6,9-10,14H2,1-2H3;1-2H3. The Labute approximate surface area is 195 Å². The molecule has 4 rings (SSSR count). The summed E-state index contributed by atoms with van der Waals surface area (Å²) < 4.78 is 62.6. The van der Waals surface area contributed by atoms with Crippen LogP contribution in [0, 0.1) is 18.6 Å². The van der Waals surface area contributed by atoms with Crippen LogP contribution in [0.2, 0.25) is 0 Å². The molecule has 2 aliphatic rings. The minimum absolute atomic E-state index is 0.0274. The minimum Gasteiger partial charge on any atom is -0.361 e. The number of benzene rings is 1. The first kappa shape index (κ1) is 25.3. The summed E-state index contributed by atoms with van der Waals surface area (Å²) in [6.45, 7) is 7.58. The lowest BCUT2D eigenvalue weighted by molar-refractivity contribution is 0.359. The zero-order valence-electron chi connectivity index (χ0n) is 19.6. The lowest BCUT2D eigenvalue weighted by Gasteiger charge is -2.33. The van der Waals surface area contributed by atoms with Crippen LogP contribution < -0.4 is 0 Å². The molecule has 0 bridgehead atoms. The average Bonchev–Trinajstić information content (AvgIpc) is 3.25. The van der Waals surface area contributed by atoms with E-state index < -0.39 is 32.8 Å². The van der Waals surface area contributed by atoms with Gasteiger partial charge in [-0.05, 0) is 50.3 Å². The van der Waals surface area contributed by atoms with Crippen molar-refractivity contribution in [2.24, 2.45) is 0 Å². The number of allylic oxidation sites excluding steroid dienone is 3. The third-order valence-electron chi connectivity index (χ3n) is 6.04. The van der Waals surface area contributed by atoms with Crippen molar-refractivity contribution < 1.29 is 21.7 Å². The van der Waals surface area contributed by atoms with Crippen molar-refractivity contribution in [2.75, 3.05) is 6.54 Å². The quantitative estimate of drug-likeness (QED) is 0.528. The highest BCUT2D eigenvalue weighted by Crippen LogP contribution is 2.33. The Morgan fingerprint density at radius 2 is 1.94 bits per heavy atom. The first-order valence-electron chi connectivity index (χ1n) is 11.5. The second kappa shape index (κ2) is 10.7. The Morgan fingerprint density at radius 3 is 2.58 bits per heavy atom. The molecule has 0 spiro atoms. The summed E-state index contributed by atoms with van der Waals surface area (Å²) in [4.78, 5) is 0. The van der Waals surface area contributed by atoms with E-state index in [1.165, 1.54) is 4.31 Å². The van der Waals surface area contributed by atoms with Crippen molar-refractivity contribution in [1.82, 2.24) is 9.46 Å². The Kier molecular flexibility index (Phi) is 8.23. The Balaban J connectivity index is 0.00000149. The van der Waals surface area contributed by atoms with Crippen molar-refractivity contribution in [3.05, 3.63) is 76.2 Å². The fraction of sp³-hybridized carbons (Fsp3) is 0.480. The van der Waals surface area contributed by atoms with Gasteiger partial charge in [0.05, 0.1) is 5.69 Å². The van der Waals surface area contributed by atoms with E-state index in [1.54, 1.807) is 19.9 Å². The van der Waals surface area contributed by atoms with Gasteiger partial charge in [0, 0.05) is 36.2 Å². The fourth-order valence-corrected chi connectivity index (χ4v) is 6.32. The topological polar surface area (TPSA) is 63.4 Å². The monoisotopic (exact) mass is 478 g/mol. The van der Waals surface area contributed by atoms with Crippen LogP contribution in [0.15, 0.2) is 46.5 Å². The van der Waals surface area contributed by atoms with Gasteiger partial charge in [-0.15, -0.1) is 0 Å². The van der Waals surface area contributed by atoms with Crippen molar-refractivity contribution >= 4 is 10.0 Å². The molecule has 180 valence electrons. The van der Waals surface area contributed by atoms with Crippen molar-refractivity contribution in [1.29, 1.82) is 0 Å². The molecule has 1 fully saturated rings. The number of aromatic nitrogens is 1. The molecule has 2 aromatic rings. The fourth-order valence-electron chi connectivity index (χ4n) is 4.28. The van der Waals surface area contributed by atoms with Crippen molar-refractivity contribution in [3.63, 3.8) is 0 Å². The third-order valence-corrected chi connectivity index (χ3v) is 8.30. The van der Waals surface area contributed by atoms with Crippen LogP contribution in [0.4, 0.5) is 8.78 Å². The number of nitrogens with zero attached hydrogens (tertiary/aromatic N) is 2. The lowest BCUT2D eigenvalue weighted by atomic mass is 9.96. The first-order valence-corrected chi connectivity index (χ1v) is 13.0. The Bertz CT molecular complexity index is 1140. The maximum Gasteiger partial charge on any atom is 0.221 e. The predicted octanol–water partition coefficient (Wildman–Crippen LogP) is 6.01. The maximum atomic E-state index is 14.9. The molecule has 0 amide bonds. The molecule has 1 aliphatic heterocycles. The van der Waals surface area contributed by atoms with Crippen LogP contribution in [0.1, 0.15) is 75.0 Å². The van der Waals surface area contributed by atoms with Crippen LogP contribution in [0.3, 0.4) is 0 Å². The number of halogens is 2. The van der Waals surface area contributed by atoms with E-state index in [0.717, 1.165) is 30.5 Å². The molecule has 2 unspecified atom stereocenters. The smallest absolute Gasteiger partial charge is 0.221 e.